The van der Waals surface area contributed by atoms with Gasteiger partial charge in [-0.25, -0.2) is 0 Å². The first-order valence-electron chi connectivity index (χ1n) is 3.30. The largest absolute Gasteiger partial charge is 0.450 e. The van der Waals surface area contributed by atoms with Gasteiger partial charge in [-0.15, -0.1) is 0 Å². The van der Waals surface area contributed by atoms with Crippen LogP contribution in [-0.4, -0.2) is 5.11 Å². The second-order valence-electron chi connectivity index (χ2n) is 2.52. The zero-order valence-electron chi connectivity index (χ0n) is 6.47. The van der Waals surface area contributed by atoms with Crippen molar-refractivity contribution < 1.29 is 9.52 Å². The fraction of sp³-hybridized carbons (Fsp3) is 0.250. The second kappa shape index (κ2) is 3.77. The van der Waals surface area contributed by atoms with Crippen molar-refractivity contribution in [1.82, 2.24) is 0 Å². The molecule has 2 nitrogen and oxygen atoms in total. The first-order valence-corrected chi connectivity index (χ1v) is 4.89. The normalized spacial score (nSPS) is 13.0. The van der Waals surface area contributed by atoms with E-state index in [1.807, 2.05) is 0 Å². The Bertz CT molecular complexity index is 285. The number of aliphatic hydroxyl groups is 1. The standard InChI is InChI=1S/C8H8Br2O2/c1-4(2)7(11)6-3-5(9)8(10)12-6/h3,7,11H,1H2,2H3. The minimum absolute atomic E-state index is 0.487. The maximum Gasteiger partial charge on any atom is 0.183 e. The highest BCUT2D eigenvalue weighted by Gasteiger charge is 2.14. The highest BCUT2D eigenvalue weighted by atomic mass is 79.9. The Kier molecular flexibility index (Phi) is 3.15. The van der Waals surface area contributed by atoms with Crippen molar-refractivity contribution in [2.45, 2.75) is 13.0 Å². The summed E-state index contributed by atoms with van der Waals surface area (Å²) in [6.45, 7) is 5.37. The van der Waals surface area contributed by atoms with Gasteiger partial charge in [-0.2, -0.15) is 0 Å². The van der Waals surface area contributed by atoms with Gasteiger partial charge >= 0.3 is 0 Å². The SMILES string of the molecule is C=C(C)C(O)c1cc(Br)c(Br)o1. The van der Waals surface area contributed by atoms with E-state index in [9.17, 15) is 5.11 Å². The van der Waals surface area contributed by atoms with Crippen LogP contribution in [-0.2, 0) is 0 Å². The summed E-state index contributed by atoms with van der Waals surface area (Å²) in [4.78, 5) is 0. The third kappa shape index (κ3) is 2.00. The third-order valence-electron chi connectivity index (χ3n) is 1.40. The summed E-state index contributed by atoms with van der Waals surface area (Å²) >= 11 is 6.43. The maximum atomic E-state index is 9.50. The highest BCUT2D eigenvalue weighted by molar-refractivity contribution is 9.13. The summed E-state index contributed by atoms with van der Waals surface area (Å²) in [5.74, 6) is 0.487. The van der Waals surface area contributed by atoms with Crippen LogP contribution in [0.1, 0.15) is 18.8 Å². The smallest absolute Gasteiger partial charge is 0.183 e. The number of halogens is 2. The highest BCUT2D eigenvalue weighted by Crippen LogP contribution is 2.31. The molecule has 1 atom stereocenters. The summed E-state index contributed by atoms with van der Waals surface area (Å²) in [7, 11) is 0. The van der Waals surface area contributed by atoms with Gasteiger partial charge in [-0.3, -0.25) is 0 Å². The molecule has 0 bridgehead atoms. The molecule has 0 amide bonds. The second-order valence-corrected chi connectivity index (χ2v) is 4.09. The lowest BCUT2D eigenvalue weighted by Crippen LogP contribution is -1.94. The van der Waals surface area contributed by atoms with E-state index in [2.05, 4.69) is 38.4 Å². The summed E-state index contributed by atoms with van der Waals surface area (Å²) in [5, 5.41) is 9.50. The third-order valence-corrected chi connectivity index (χ3v) is 3.11. The zero-order chi connectivity index (χ0) is 9.30. The molecule has 0 radical (unpaired) electrons. The molecule has 0 fully saturated rings. The number of aliphatic hydroxyl groups excluding tert-OH is 1. The fourth-order valence-electron chi connectivity index (χ4n) is 0.741. The van der Waals surface area contributed by atoms with Gasteiger partial charge in [-0.05, 0) is 50.4 Å². The Balaban J connectivity index is 2.96. The number of hydrogen-bond acceptors (Lipinski definition) is 2. The lowest BCUT2D eigenvalue weighted by atomic mass is 10.1. The summed E-state index contributed by atoms with van der Waals surface area (Å²) in [5.41, 5.74) is 0.656. The average molecular weight is 296 g/mol. The van der Waals surface area contributed by atoms with Crippen LogP contribution in [0.25, 0.3) is 0 Å². The number of rotatable bonds is 2. The van der Waals surface area contributed by atoms with Crippen LogP contribution in [0.15, 0.2) is 31.8 Å². The molecule has 1 aromatic rings. The molecule has 12 heavy (non-hydrogen) atoms. The van der Waals surface area contributed by atoms with E-state index >= 15 is 0 Å². The Morgan fingerprint density at radius 1 is 1.67 bits per heavy atom. The van der Waals surface area contributed by atoms with Crippen molar-refractivity contribution in [1.29, 1.82) is 0 Å². The molecule has 0 saturated carbocycles. The Morgan fingerprint density at radius 2 is 2.25 bits per heavy atom. The number of hydrogen-bond donors (Lipinski definition) is 1. The van der Waals surface area contributed by atoms with E-state index in [1.165, 1.54) is 0 Å². The summed E-state index contributed by atoms with van der Waals surface area (Å²) in [6, 6.07) is 1.71. The van der Waals surface area contributed by atoms with Crippen LogP contribution in [0, 0.1) is 0 Å². The van der Waals surface area contributed by atoms with Crippen molar-refractivity contribution in [2.75, 3.05) is 0 Å². The van der Waals surface area contributed by atoms with Crippen LogP contribution < -0.4 is 0 Å². The first-order chi connectivity index (χ1) is 5.52. The monoisotopic (exact) mass is 294 g/mol. The first kappa shape index (κ1) is 10.0. The van der Waals surface area contributed by atoms with Crippen molar-refractivity contribution in [2.24, 2.45) is 0 Å². The molecule has 1 heterocycles. The Morgan fingerprint density at radius 3 is 2.58 bits per heavy atom. The lowest BCUT2D eigenvalue weighted by molar-refractivity contribution is 0.184. The molecule has 0 saturated heterocycles. The van der Waals surface area contributed by atoms with E-state index in [4.69, 9.17) is 4.42 Å². The van der Waals surface area contributed by atoms with Crippen molar-refractivity contribution in [3.05, 3.63) is 33.1 Å². The van der Waals surface area contributed by atoms with Gasteiger partial charge < -0.3 is 9.52 Å². The van der Waals surface area contributed by atoms with Gasteiger partial charge in [0.25, 0.3) is 0 Å². The predicted molar refractivity (Wildman–Crippen MR) is 53.9 cm³/mol. The van der Waals surface area contributed by atoms with E-state index in [0.29, 0.717) is 16.0 Å². The van der Waals surface area contributed by atoms with Crippen molar-refractivity contribution in [3.63, 3.8) is 0 Å². The molecule has 0 aliphatic heterocycles. The maximum absolute atomic E-state index is 9.50. The van der Waals surface area contributed by atoms with E-state index < -0.39 is 6.10 Å². The van der Waals surface area contributed by atoms with Crippen LogP contribution in [0.2, 0.25) is 0 Å². The van der Waals surface area contributed by atoms with Crippen LogP contribution >= 0.6 is 31.9 Å². The van der Waals surface area contributed by atoms with E-state index in [1.54, 1.807) is 13.0 Å². The molecule has 0 spiro atoms. The van der Waals surface area contributed by atoms with Crippen molar-refractivity contribution in [3.8, 4) is 0 Å². The topological polar surface area (TPSA) is 33.4 Å². The molecule has 1 aromatic heterocycles. The molecule has 0 aliphatic carbocycles. The van der Waals surface area contributed by atoms with Gasteiger partial charge in [0.2, 0.25) is 0 Å². The molecule has 1 N–H and O–H groups in total. The summed E-state index contributed by atoms with van der Waals surface area (Å²) in [6.07, 6.45) is -0.729. The van der Waals surface area contributed by atoms with Gasteiger partial charge in [0.1, 0.15) is 11.9 Å². The van der Waals surface area contributed by atoms with Crippen LogP contribution in [0.5, 0.6) is 0 Å². The van der Waals surface area contributed by atoms with Gasteiger partial charge in [0.05, 0.1) is 4.47 Å². The molecular weight excluding hydrogens is 288 g/mol. The molecule has 0 aliphatic rings. The minimum Gasteiger partial charge on any atom is -0.450 e. The molecule has 1 unspecified atom stereocenters. The predicted octanol–water partition coefficient (Wildman–Crippen LogP) is 3.41. The molecule has 0 aromatic carbocycles. The van der Waals surface area contributed by atoms with E-state index in [0.717, 1.165) is 4.47 Å². The van der Waals surface area contributed by atoms with Gasteiger partial charge in [0, 0.05) is 0 Å². The van der Waals surface area contributed by atoms with Crippen molar-refractivity contribution >= 4 is 31.9 Å². The van der Waals surface area contributed by atoms with Crippen LogP contribution in [0.3, 0.4) is 0 Å². The molecule has 4 heteroatoms. The average Bonchev–Trinajstić information content (AvgIpc) is 2.30. The quantitative estimate of drug-likeness (QED) is 0.848. The zero-order valence-corrected chi connectivity index (χ0v) is 9.65. The molecule has 66 valence electrons. The molecule has 1 rings (SSSR count). The van der Waals surface area contributed by atoms with Crippen LogP contribution in [0.4, 0.5) is 0 Å². The Labute approximate surface area is 87.5 Å². The van der Waals surface area contributed by atoms with E-state index in [-0.39, 0.29) is 0 Å². The summed E-state index contributed by atoms with van der Waals surface area (Å²) < 4.78 is 6.57. The number of furan rings is 1. The fourth-order valence-corrected chi connectivity index (χ4v) is 1.35. The molecular formula is C8H8Br2O2. The lowest BCUT2D eigenvalue weighted by Gasteiger charge is -2.04. The van der Waals surface area contributed by atoms with Gasteiger partial charge in [0.15, 0.2) is 4.67 Å². The van der Waals surface area contributed by atoms with Gasteiger partial charge in [-0.1, -0.05) is 6.58 Å². The Hall–Kier alpha value is -0.0600. The minimum atomic E-state index is -0.729.